The van der Waals surface area contributed by atoms with Crippen molar-refractivity contribution in [3.8, 4) is 0 Å². The highest BCUT2D eigenvalue weighted by Crippen LogP contribution is 2.23. The van der Waals surface area contributed by atoms with Gasteiger partial charge in [-0.1, -0.05) is 6.07 Å². The largest absolute Gasteiger partial charge is 0.481 e. The number of nitrogens with zero attached hydrogens (tertiary/aromatic N) is 1. The number of benzene rings is 1. The summed E-state index contributed by atoms with van der Waals surface area (Å²) in [5, 5.41) is 8.77. The van der Waals surface area contributed by atoms with E-state index in [1.807, 2.05) is 0 Å². The molecular weight excluding hydrogens is 197 g/mol. The van der Waals surface area contributed by atoms with E-state index in [1.54, 1.807) is 31.1 Å². The molecule has 1 atom stereocenters. The van der Waals surface area contributed by atoms with Gasteiger partial charge >= 0.3 is 5.97 Å². The van der Waals surface area contributed by atoms with Gasteiger partial charge in [0.1, 0.15) is 5.82 Å². The van der Waals surface area contributed by atoms with Crippen LogP contribution in [0.15, 0.2) is 18.2 Å². The van der Waals surface area contributed by atoms with E-state index in [2.05, 4.69) is 0 Å². The van der Waals surface area contributed by atoms with Crippen LogP contribution in [0.5, 0.6) is 0 Å². The van der Waals surface area contributed by atoms with Crippen LogP contribution in [0.2, 0.25) is 0 Å². The third kappa shape index (κ3) is 2.46. The lowest BCUT2D eigenvalue weighted by Crippen LogP contribution is -2.12. The molecule has 0 spiro atoms. The number of aliphatic carboxylic acids is 1. The van der Waals surface area contributed by atoms with Crippen molar-refractivity contribution in [2.75, 3.05) is 19.0 Å². The predicted octanol–water partition coefficient (Wildman–Crippen LogP) is 2.08. The highest BCUT2D eigenvalue weighted by Gasteiger charge is 2.15. The van der Waals surface area contributed by atoms with Crippen molar-refractivity contribution in [2.24, 2.45) is 0 Å². The van der Waals surface area contributed by atoms with Crippen LogP contribution in [0.25, 0.3) is 0 Å². The smallest absolute Gasteiger partial charge is 0.310 e. The molecule has 0 aliphatic heterocycles. The highest BCUT2D eigenvalue weighted by molar-refractivity contribution is 5.75. The summed E-state index contributed by atoms with van der Waals surface area (Å²) in [7, 11) is 3.47. The van der Waals surface area contributed by atoms with E-state index in [0.717, 1.165) is 0 Å². The summed E-state index contributed by atoms with van der Waals surface area (Å²) < 4.78 is 13.5. The Labute approximate surface area is 88.1 Å². The average Bonchev–Trinajstić information content (AvgIpc) is 2.15. The van der Waals surface area contributed by atoms with Crippen LogP contribution in [0.4, 0.5) is 10.1 Å². The Bertz CT molecular complexity index is 377. The van der Waals surface area contributed by atoms with Gasteiger partial charge < -0.3 is 10.0 Å². The zero-order valence-corrected chi connectivity index (χ0v) is 8.99. The molecule has 1 N–H and O–H groups in total. The number of hydrogen-bond donors (Lipinski definition) is 1. The lowest BCUT2D eigenvalue weighted by atomic mass is 10.0. The second-order valence-corrected chi connectivity index (χ2v) is 3.67. The third-order valence-electron chi connectivity index (χ3n) is 2.32. The first-order valence-electron chi connectivity index (χ1n) is 4.63. The average molecular weight is 211 g/mol. The second kappa shape index (κ2) is 4.29. The molecule has 0 bridgehead atoms. The van der Waals surface area contributed by atoms with Gasteiger partial charge in [0.25, 0.3) is 0 Å². The first-order valence-corrected chi connectivity index (χ1v) is 4.63. The summed E-state index contributed by atoms with van der Waals surface area (Å²) in [5.41, 5.74) is 0.932. The van der Waals surface area contributed by atoms with E-state index in [9.17, 15) is 9.18 Å². The molecule has 3 nitrogen and oxygen atoms in total. The number of rotatable bonds is 3. The molecule has 4 heteroatoms. The fourth-order valence-corrected chi connectivity index (χ4v) is 1.30. The van der Waals surface area contributed by atoms with Gasteiger partial charge in [-0.3, -0.25) is 4.79 Å². The van der Waals surface area contributed by atoms with Crippen LogP contribution in [-0.2, 0) is 4.79 Å². The number of halogens is 1. The molecule has 15 heavy (non-hydrogen) atoms. The molecule has 82 valence electrons. The van der Waals surface area contributed by atoms with Gasteiger partial charge in [-0.05, 0) is 24.6 Å². The quantitative estimate of drug-likeness (QED) is 0.832. The van der Waals surface area contributed by atoms with Crippen LogP contribution < -0.4 is 4.90 Å². The van der Waals surface area contributed by atoms with Gasteiger partial charge in [0.2, 0.25) is 0 Å². The van der Waals surface area contributed by atoms with Crippen molar-refractivity contribution >= 4 is 11.7 Å². The van der Waals surface area contributed by atoms with E-state index in [4.69, 9.17) is 5.11 Å². The molecule has 0 saturated heterocycles. The van der Waals surface area contributed by atoms with Crippen molar-refractivity contribution in [3.63, 3.8) is 0 Å². The van der Waals surface area contributed by atoms with E-state index < -0.39 is 17.7 Å². The molecule has 0 aliphatic rings. The van der Waals surface area contributed by atoms with Gasteiger partial charge in [0.15, 0.2) is 0 Å². The van der Waals surface area contributed by atoms with Crippen molar-refractivity contribution in [1.29, 1.82) is 0 Å². The first-order chi connectivity index (χ1) is 6.93. The molecule has 1 rings (SSSR count). The Kier molecular flexibility index (Phi) is 3.29. The molecule has 0 aliphatic carbocycles. The standard InChI is InChI=1S/C11H14FNO2/c1-7(11(14)15)8-4-5-10(13(2)3)9(12)6-8/h4-7H,1-3H3,(H,14,15). The fourth-order valence-electron chi connectivity index (χ4n) is 1.30. The van der Waals surface area contributed by atoms with Crippen molar-refractivity contribution in [1.82, 2.24) is 0 Å². The van der Waals surface area contributed by atoms with Gasteiger partial charge in [-0.2, -0.15) is 0 Å². The summed E-state index contributed by atoms with van der Waals surface area (Å²) in [6, 6.07) is 4.50. The molecular formula is C11H14FNO2. The number of carbonyl (C=O) groups is 1. The number of carboxylic acid groups (broad SMARTS) is 1. The van der Waals surface area contributed by atoms with Crippen LogP contribution in [0.1, 0.15) is 18.4 Å². The van der Waals surface area contributed by atoms with Gasteiger partial charge in [-0.25, -0.2) is 4.39 Å². The number of anilines is 1. The molecule has 1 aromatic carbocycles. The van der Waals surface area contributed by atoms with Gasteiger partial charge in [0, 0.05) is 14.1 Å². The molecule has 0 fully saturated rings. The minimum atomic E-state index is -0.952. The molecule has 0 heterocycles. The molecule has 0 amide bonds. The lowest BCUT2D eigenvalue weighted by molar-refractivity contribution is -0.138. The molecule has 1 aromatic rings. The second-order valence-electron chi connectivity index (χ2n) is 3.67. The Balaban J connectivity index is 3.06. The fraction of sp³-hybridized carbons (Fsp3) is 0.364. The maximum Gasteiger partial charge on any atom is 0.310 e. The zero-order chi connectivity index (χ0) is 11.6. The van der Waals surface area contributed by atoms with Gasteiger partial charge in [-0.15, -0.1) is 0 Å². The minimum absolute atomic E-state index is 0.398. The summed E-state index contributed by atoms with van der Waals surface area (Å²) in [4.78, 5) is 12.3. The van der Waals surface area contributed by atoms with Crippen LogP contribution in [0.3, 0.4) is 0 Å². The summed E-state index contributed by atoms with van der Waals surface area (Å²) in [5.74, 6) is -2.03. The zero-order valence-electron chi connectivity index (χ0n) is 8.99. The Hall–Kier alpha value is -1.58. The lowest BCUT2D eigenvalue weighted by Gasteiger charge is -2.15. The summed E-state index contributed by atoms with van der Waals surface area (Å²) >= 11 is 0. The van der Waals surface area contributed by atoms with Crippen molar-refractivity contribution < 1.29 is 14.3 Å². The first kappa shape index (κ1) is 11.5. The minimum Gasteiger partial charge on any atom is -0.481 e. The molecule has 1 unspecified atom stereocenters. The highest BCUT2D eigenvalue weighted by atomic mass is 19.1. The van der Waals surface area contributed by atoms with Gasteiger partial charge in [0.05, 0.1) is 11.6 Å². The van der Waals surface area contributed by atoms with E-state index in [0.29, 0.717) is 11.3 Å². The third-order valence-corrected chi connectivity index (χ3v) is 2.32. The monoisotopic (exact) mass is 211 g/mol. The number of carboxylic acids is 1. The SMILES string of the molecule is CC(C(=O)O)c1ccc(N(C)C)c(F)c1. The van der Waals surface area contributed by atoms with E-state index >= 15 is 0 Å². The Morgan fingerprint density at radius 1 is 1.47 bits per heavy atom. The number of hydrogen-bond acceptors (Lipinski definition) is 2. The normalized spacial score (nSPS) is 12.3. The van der Waals surface area contributed by atoms with E-state index in [-0.39, 0.29) is 0 Å². The Morgan fingerprint density at radius 2 is 2.07 bits per heavy atom. The van der Waals surface area contributed by atoms with Crippen LogP contribution in [0, 0.1) is 5.82 Å². The molecule has 0 radical (unpaired) electrons. The molecule has 0 aromatic heterocycles. The summed E-state index contributed by atoms with van der Waals surface area (Å²) in [6.07, 6.45) is 0. The molecule has 0 saturated carbocycles. The maximum absolute atomic E-state index is 13.5. The topological polar surface area (TPSA) is 40.5 Å². The van der Waals surface area contributed by atoms with Crippen LogP contribution in [-0.4, -0.2) is 25.2 Å². The predicted molar refractivity (Wildman–Crippen MR) is 56.8 cm³/mol. The Morgan fingerprint density at radius 3 is 2.47 bits per heavy atom. The van der Waals surface area contributed by atoms with Crippen LogP contribution >= 0.6 is 0 Å². The van der Waals surface area contributed by atoms with Crippen molar-refractivity contribution in [2.45, 2.75) is 12.8 Å². The maximum atomic E-state index is 13.5. The van der Waals surface area contributed by atoms with Crippen molar-refractivity contribution in [3.05, 3.63) is 29.6 Å². The van der Waals surface area contributed by atoms with E-state index in [1.165, 1.54) is 13.0 Å². The summed E-state index contributed by atoms with van der Waals surface area (Å²) in [6.45, 7) is 1.53.